The SMILES string of the molecule is COc1ccc(NS(=O)(=O)c2cc(C(=O)O)ccc2OC)cc1Cc1ccccc1. The van der Waals surface area contributed by atoms with Crippen LogP contribution in [0.4, 0.5) is 5.69 Å². The van der Waals surface area contributed by atoms with E-state index in [-0.39, 0.29) is 16.2 Å². The number of sulfonamides is 1. The number of carboxylic acids is 1. The summed E-state index contributed by atoms with van der Waals surface area (Å²) in [5, 5.41) is 9.19. The average molecular weight is 427 g/mol. The van der Waals surface area contributed by atoms with Crippen molar-refractivity contribution in [2.24, 2.45) is 0 Å². The molecule has 0 bridgehead atoms. The van der Waals surface area contributed by atoms with E-state index in [0.717, 1.165) is 17.2 Å². The van der Waals surface area contributed by atoms with Gasteiger partial charge in [0.15, 0.2) is 0 Å². The van der Waals surface area contributed by atoms with Crippen LogP contribution >= 0.6 is 0 Å². The van der Waals surface area contributed by atoms with Gasteiger partial charge in [-0.25, -0.2) is 13.2 Å². The maximum absolute atomic E-state index is 13.0. The van der Waals surface area contributed by atoms with Crippen LogP contribution < -0.4 is 14.2 Å². The van der Waals surface area contributed by atoms with E-state index in [9.17, 15) is 18.3 Å². The van der Waals surface area contributed by atoms with Crippen LogP contribution in [0.15, 0.2) is 71.6 Å². The van der Waals surface area contributed by atoms with E-state index in [0.29, 0.717) is 17.9 Å². The van der Waals surface area contributed by atoms with Gasteiger partial charge in [-0.15, -0.1) is 0 Å². The van der Waals surface area contributed by atoms with Crippen LogP contribution in [0.2, 0.25) is 0 Å². The quantitative estimate of drug-likeness (QED) is 0.567. The summed E-state index contributed by atoms with van der Waals surface area (Å²) in [6, 6.07) is 18.3. The van der Waals surface area contributed by atoms with Gasteiger partial charge >= 0.3 is 5.97 Å². The van der Waals surface area contributed by atoms with Crippen LogP contribution in [-0.4, -0.2) is 33.7 Å². The number of anilines is 1. The van der Waals surface area contributed by atoms with Crippen molar-refractivity contribution in [3.63, 3.8) is 0 Å². The number of nitrogens with one attached hydrogen (secondary N) is 1. The van der Waals surface area contributed by atoms with E-state index >= 15 is 0 Å². The van der Waals surface area contributed by atoms with Crippen molar-refractivity contribution in [1.82, 2.24) is 0 Å². The third-order valence-corrected chi connectivity index (χ3v) is 5.87. The van der Waals surface area contributed by atoms with Gasteiger partial charge < -0.3 is 14.6 Å². The Balaban J connectivity index is 1.96. The van der Waals surface area contributed by atoms with Gasteiger partial charge in [-0.2, -0.15) is 0 Å². The summed E-state index contributed by atoms with van der Waals surface area (Å²) in [5.74, 6) is -0.554. The topological polar surface area (TPSA) is 102 Å². The lowest BCUT2D eigenvalue weighted by Gasteiger charge is -2.15. The molecule has 0 aliphatic rings. The highest BCUT2D eigenvalue weighted by molar-refractivity contribution is 7.92. The standard InChI is InChI=1S/C22H21NO6S/c1-28-19-11-9-18(13-17(19)12-15-6-4-3-5-7-15)23-30(26,27)21-14-16(22(24)25)8-10-20(21)29-2/h3-11,13-14,23H,12H2,1-2H3,(H,24,25). The van der Waals surface area contributed by atoms with E-state index in [2.05, 4.69) is 4.72 Å². The number of aromatic carboxylic acids is 1. The zero-order valence-electron chi connectivity index (χ0n) is 16.5. The Kier molecular flexibility index (Phi) is 6.27. The molecule has 8 heteroatoms. The number of carbonyl (C=O) groups is 1. The van der Waals surface area contributed by atoms with E-state index in [4.69, 9.17) is 9.47 Å². The molecule has 2 N–H and O–H groups in total. The molecule has 0 amide bonds. The molecular weight excluding hydrogens is 406 g/mol. The van der Waals surface area contributed by atoms with Crippen molar-refractivity contribution in [3.8, 4) is 11.5 Å². The van der Waals surface area contributed by atoms with Gasteiger partial charge in [0.1, 0.15) is 16.4 Å². The Labute approximate surface area is 174 Å². The summed E-state index contributed by atoms with van der Waals surface area (Å²) in [6.07, 6.45) is 0.553. The molecule has 3 aromatic rings. The lowest BCUT2D eigenvalue weighted by Crippen LogP contribution is -2.15. The second kappa shape index (κ2) is 8.87. The molecule has 0 aliphatic heterocycles. The van der Waals surface area contributed by atoms with E-state index in [1.807, 2.05) is 30.3 Å². The molecule has 0 aliphatic carbocycles. The number of carboxylic acid groups (broad SMARTS) is 1. The Bertz CT molecular complexity index is 1160. The van der Waals surface area contributed by atoms with Crippen molar-refractivity contribution in [2.45, 2.75) is 11.3 Å². The number of benzene rings is 3. The minimum absolute atomic E-state index is 0.0468. The Hall–Kier alpha value is -3.52. The second-order valence-corrected chi connectivity index (χ2v) is 8.12. The Morgan fingerprint density at radius 1 is 0.933 bits per heavy atom. The fourth-order valence-corrected chi connectivity index (χ4v) is 4.27. The second-order valence-electron chi connectivity index (χ2n) is 6.47. The molecule has 3 rings (SSSR count). The van der Waals surface area contributed by atoms with Gasteiger partial charge in [-0.3, -0.25) is 4.72 Å². The molecule has 0 atom stereocenters. The molecule has 0 spiro atoms. The average Bonchev–Trinajstić information content (AvgIpc) is 2.74. The van der Waals surface area contributed by atoms with Crippen molar-refractivity contribution >= 4 is 21.7 Å². The van der Waals surface area contributed by atoms with Gasteiger partial charge in [0.25, 0.3) is 10.0 Å². The molecule has 3 aromatic carbocycles. The highest BCUT2D eigenvalue weighted by atomic mass is 32.2. The molecule has 156 valence electrons. The highest BCUT2D eigenvalue weighted by Gasteiger charge is 2.22. The van der Waals surface area contributed by atoms with Gasteiger partial charge in [0, 0.05) is 17.7 Å². The van der Waals surface area contributed by atoms with Crippen LogP contribution in [0.3, 0.4) is 0 Å². The third kappa shape index (κ3) is 4.72. The summed E-state index contributed by atoms with van der Waals surface area (Å²) in [5.41, 5.74) is 2.02. The summed E-state index contributed by atoms with van der Waals surface area (Å²) < 4.78 is 38.9. The summed E-state index contributed by atoms with van der Waals surface area (Å²) in [6.45, 7) is 0. The monoisotopic (exact) mass is 427 g/mol. The predicted octanol–water partition coefficient (Wildman–Crippen LogP) is 3.79. The first-order valence-electron chi connectivity index (χ1n) is 8.99. The van der Waals surface area contributed by atoms with Crippen LogP contribution in [-0.2, 0) is 16.4 Å². The Morgan fingerprint density at radius 3 is 2.23 bits per heavy atom. The molecule has 0 saturated heterocycles. The number of rotatable bonds is 8. The molecule has 30 heavy (non-hydrogen) atoms. The number of ether oxygens (including phenoxy) is 2. The first-order chi connectivity index (χ1) is 14.3. The fourth-order valence-electron chi connectivity index (χ4n) is 3.03. The van der Waals surface area contributed by atoms with Crippen molar-refractivity contribution in [1.29, 1.82) is 0 Å². The zero-order valence-corrected chi connectivity index (χ0v) is 17.3. The molecule has 0 unspecified atom stereocenters. The van der Waals surface area contributed by atoms with E-state index < -0.39 is 16.0 Å². The molecule has 0 heterocycles. The lowest BCUT2D eigenvalue weighted by molar-refractivity contribution is 0.0696. The zero-order chi connectivity index (χ0) is 21.7. The van der Waals surface area contributed by atoms with Gasteiger partial charge in [-0.05, 0) is 42.0 Å². The summed E-state index contributed by atoms with van der Waals surface area (Å²) >= 11 is 0. The van der Waals surface area contributed by atoms with Gasteiger partial charge in [0.05, 0.1) is 19.8 Å². The maximum atomic E-state index is 13.0. The third-order valence-electron chi connectivity index (χ3n) is 4.47. The number of methoxy groups -OCH3 is 2. The fraction of sp³-hybridized carbons (Fsp3) is 0.136. The smallest absolute Gasteiger partial charge is 0.335 e. The first kappa shape index (κ1) is 21.2. The molecule has 0 saturated carbocycles. The van der Waals surface area contributed by atoms with E-state index in [1.165, 1.54) is 19.2 Å². The summed E-state index contributed by atoms with van der Waals surface area (Å²) in [4.78, 5) is 11.0. The van der Waals surface area contributed by atoms with Crippen LogP contribution in [0, 0.1) is 0 Å². The van der Waals surface area contributed by atoms with Gasteiger partial charge in [0.2, 0.25) is 0 Å². The minimum atomic E-state index is -4.10. The van der Waals surface area contributed by atoms with Crippen LogP contribution in [0.1, 0.15) is 21.5 Å². The van der Waals surface area contributed by atoms with Crippen molar-refractivity contribution < 1.29 is 27.8 Å². The maximum Gasteiger partial charge on any atom is 0.335 e. The van der Waals surface area contributed by atoms with Crippen LogP contribution in [0.25, 0.3) is 0 Å². The summed E-state index contributed by atoms with van der Waals surface area (Å²) in [7, 11) is -1.23. The minimum Gasteiger partial charge on any atom is -0.496 e. The molecule has 7 nitrogen and oxygen atoms in total. The van der Waals surface area contributed by atoms with Crippen LogP contribution in [0.5, 0.6) is 11.5 Å². The molecule has 0 aromatic heterocycles. The molecule has 0 radical (unpaired) electrons. The van der Waals surface area contributed by atoms with Crippen molar-refractivity contribution in [2.75, 3.05) is 18.9 Å². The normalized spacial score (nSPS) is 11.0. The highest BCUT2D eigenvalue weighted by Crippen LogP contribution is 2.30. The number of hydrogen-bond acceptors (Lipinski definition) is 5. The largest absolute Gasteiger partial charge is 0.496 e. The van der Waals surface area contributed by atoms with Gasteiger partial charge in [-0.1, -0.05) is 30.3 Å². The predicted molar refractivity (Wildman–Crippen MR) is 113 cm³/mol. The lowest BCUT2D eigenvalue weighted by atomic mass is 10.0. The number of hydrogen-bond donors (Lipinski definition) is 2. The Morgan fingerprint density at radius 2 is 1.60 bits per heavy atom. The first-order valence-corrected chi connectivity index (χ1v) is 10.5. The molecule has 0 fully saturated rings. The molecular formula is C22H21NO6S. The van der Waals surface area contributed by atoms with E-state index in [1.54, 1.807) is 25.3 Å². The van der Waals surface area contributed by atoms with Crippen molar-refractivity contribution in [3.05, 3.63) is 83.4 Å².